The highest BCUT2D eigenvalue weighted by molar-refractivity contribution is 7.99. The summed E-state index contributed by atoms with van der Waals surface area (Å²) in [5.41, 5.74) is 0. The van der Waals surface area contributed by atoms with E-state index in [9.17, 15) is 8.42 Å². The van der Waals surface area contributed by atoms with E-state index in [1.54, 1.807) is 4.31 Å². The summed E-state index contributed by atoms with van der Waals surface area (Å²) < 4.78 is 24.6. The largest absolute Gasteiger partial charge is 0.313 e. The Kier molecular flexibility index (Phi) is 4.74. The normalized spacial score (nSPS) is 31.8. The summed E-state index contributed by atoms with van der Waals surface area (Å²) in [6.45, 7) is 2.37. The topological polar surface area (TPSA) is 49.4 Å². The van der Waals surface area contributed by atoms with E-state index in [0.29, 0.717) is 25.0 Å². The summed E-state index contributed by atoms with van der Waals surface area (Å²) in [5.74, 6) is 2.96. The monoisotopic (exact) mass is 278 g/mol. The van der Waals surface area contributed by atoms with Crippen LogP contribution in [0.15, 0.2) is 0 Å². The van der Waals surface area contributed by atoms with Gasteiger partial charge in [-0.25, -0.2) is 12.7 Å². The number of nitrogens with zero attached hydrogens (tertiary/aromatic N) is 1. The highest BCUT2D eigenvalue weighted by atomic mass is 32.2. The lowest BCUT2D eigenvalue weighted by Crippen LogP contribution is -2.44. The van der Waals surface area contributed by atoms with Crippen LogP contribution in [-0.4, -0.2) is 56.2 Å². The molecule has 0 saturated carbocycles. The predicted octanol–water partition coefficient (Wildman–Crippen LogP) is 0.753. The quantitative estimate of drug-likeness (QED) is 0.824. The Balaban J connectivity index is 1.77. The summed E-state index contributed by atoms with van der Waals surface area (Å²) in [4.78, 5) is 0. The molecular weight excluding hydrogens is 256 g/mol. The van der Waals surface area contributed by atoms with Crippen molar-refractivity contribution in [1.82, 2.24) is 9.62 Å². The first kappa shape index (κ1) is 13.6. The third kappa shape index (κ3) is 4.12. The van der Waals surface area contributed by atoms with Crippen LogP contribution >= 0.6 is 11.8 Å². The lowest BCUT2D eigenvalue weighted by molar-refractivity contribution is 0.257. The summed E-state index contributed by atoms with van der Waals surface area (Å²) in [6, 6.07) is 0.647. The zero-order valence-electron chi connectivity index (χ0n) is 10.4. The minimum absolute atomic E-state index is 0.490. The summed E-state index contributed by atoms with van der Waals surface area (Å²) in [6.07, 6.45) is 4.72. The van der Waals surface area contributed by atoms with Gasteiger partial charge in [0.15, 0.2) is 0 Å². The van der Waals surface area contributed by atoms with Crippen molar-refractivity contribution in [3.8, 4) is 0 Å². The van der Waals surface area contributed by atoms with E-state index < -0.39 is 10.0 Å². The molecule has 0 bridgehead atoms. The first-order valence-corrected chi connectivity index (χ1v) is 9.32. The van der Waals surface area contributed by atoms with Gasteiger partial charge in [0, 0.05) is 24.9 Å². The maximum atomic E-state index is 11.5. The number of rotatable bonds is 4. The van der Waals surface area contributed by atoms with Gasteiger partial charge < -0.3 is 5.32 Å². The van der Waals surface area contributed by atoms with Crippen LogP contribution in [0.2, 0.25) is 0 Å². The second-order valence-corrected chi connectivity index (χ2v) is 8.23. The Bertz CT molecular complexity index is 339. The van der Waals surface area contributed by atoms with E-state index in [4.69, 9.17) is 0 Å². The highest BCUT2D eigenvalue weighted by Crippen LogP contribution is 2.20. The predicted molar refractivity (Wildman–Crippen MR) is 72.9 cm³/mol. The number of thioether (sulfide) groups is 1. The Hall–Kier alpha value is 0.220. The lowest BCUT2D eigenvalue weighted by Gasteiger charge is -2.31. The van der Waals surface area contributed by atoms with Crippen molar-refractivity contribution in [3.63, 3.8) is 0 Å². The van der Waals surface area contributed by atoms with E-state index in [2.05, 4.69) is 5.32 Å². The van der Waals surface area contributed by atoms with Crippen molar-refractivity contribution < 1.29 is 8.42 Å². The molecule has 0 aliphatic carbocycles. The van der Waals surface area contributed by atoms with Crippen LogP contribution in [0.5, 0.6) is 0 Å². The first-order valence-electron chi connectivity index (χ1n) is 6.32. The van der Waals surface area contributed by atoms with Gasteiger partial charge >= 0.3 is 0 Å². The van der Waals surface area contributed by atoms with Gasteiger partial charge in [0.05, 0.1) is 6.26 Å². The summed E-state index contributed by atoms with van der Waals surface area (Å²) in [7, 11) is -2.99. The zero-order chi connectivity index (χ0) is 12.3. The molecule has 2 saturated heterocycles. The number of hydrogen-bond donors (Lipinski definition) is 1. The van der Waals surface area contributed by atoms with Gasteiger partial charge in [-0.1, -0.05) is 0 Å². The molecule has 100 valence electrons. The molecule has 2 aliphatic rings. The van der Waals surface area contributed by atoms with Gasteiger partial charge in [-0.3, -0.25) is 0 Å². The SMILES string of the molecule is CS(=O)(=O)N1CCCC(CNC2CCSC2)C1. The molecule has 2 aliphatic heterocycles. The van der Waals surface area contributed by atoms with Crippen LogP contribution in [0.1, 0.15) is 19.3 Å². The van der Waals surface area contributed by atoms with Crippen molar-refractivity contribution in [2.75, 3.05) is 37.4 Å². The molecular formula is C11H22N2O2S2. The van der Waals surface area contributed by atoms with Gasteiger partial charge in [-0.05, 0) is 37.5 Å². The van der Waals surface area contributed by atoms with Crippen LogP contribution < -0.4 is 5.32 Å². The third-order valence-electron chi connectivity index (χ3n) is 3.58. The Labute approximate surface area is 109 Å². The smallest absolute Gasteiger partial charge is 0.211 e. The molecule has 0 spiro atoms. The van der Waals surface area contributed by atoms with Crippen molar-refractivity contribution in [3.05, 3.63) is 0 Å². The molecule has 2 heterocycles. The van der Waals surface area contributed by atoms with E-state index in [1.165, 1.54) is 24.2 Å². The molecule has 0 aromatic rings. The van der Waals surface area contributed by atoms with Crippen LogP contribution in [0.4, 0.5) is 0 Å². The molecule has 2 fully saturated rings. The van der Waals surface area contributed by atoms with E-state index in [1.807, 2.05) is 11.8 Å². The molecule has 6 heteroatoms. The second kappa shape index (κ2) is 5.91. The minimum Gasteiger partial charge on any atom is -0.313 e. The molecule has 0 amide bonds. The lowest BCUT2D eigenvalue weighted by atomic mass is 9.99. The summed E-state index contributed by atoms with van der Waals surface area (Å²) in [5, 5.41) is 3.58. The van der Waals surface area contributed by atoms with E-state index in [0.717, 1.165) is 19.4 Å². The molecule has 2 rings (SSSR count). The van der Waals surface area contributed by atoms with Gasteiger partial charge in [0.25, 0.3) is 0 Å². The number of piperidine rings is 1. The molecule has 2 atom stereocenters. The molecule has 4 nitrogen and oxygen atoms in total. The van der Waals surface area contributed by atoms with Crippen molar-refractivity contribution in [2.24, 2.45) is 5.92 Å². The van der Waals surface area contributed by atoms with Gasteiger partial charge in [0.2, 0.25) is 10.0 Å². The average Bonchev–Trinajstić information content (AvgIpc) is 2.78. The molecule has 17 heavy (non-hydrogen) atoms. The van der Waals surface area contributed by atoms with Gasteiger partial charge in [-0.15, -0.1) is 0 Å². The highest BCUT2D eigenvalue weighted by Gasteiger charge is 2.26. The van der Waals surface area contributed by atoms with Crippen LogP contribution in [-0.2, 0) is 10.0 Å². The van der Waals surface area contributed by atoms with Crippen LogP contribution in [0, 0.1) is 5.92 Å². The molecule has 2 unspecified atom stereocenters. The Morgan fingerprint density at radius 2 is 2.24 bits per heavy atom. The maximum absolute atomic E-state index is 11.5. The molecule has 0 aromatic carbocycles. The van der Waals surface area contributed by atoms with Gasteiger partial charge in [-0.2, -0.15) is 11.8 Å². The Morgan fingerprint density at radius 1 is 1.41 bits per heavy atom. The van der Waals surface area contributed by atoms with Crippen molar-refractivity contribution in [2.45, 2.75) is 25.3 Å². The minimum atomic E-state index is -2.99. The number of sulfonamides is 1. The summed E-state index contributed by atoms with van der Waals surface area (Å²) >= 11 is 2.00. The van der Waals surface area contributed by atoms with Crippen molar-refractivity contribution >= 4 is 21.8 Å². The maximum Gasteiger partial charge on any atom is 0.211 e. The molecule has 1 N–H and O–H groups in total. The van der Waals surface area contributed by atoms with Crippen LogP contribution in [0.3, 0.4) is 0 Å². The fourth-order valence-electron chi connectivity index (χ4n) is 2.52. The van der Waals surface area contributed by atoms with E-state index in [-0.39, 0.29) is 0 Å². The fourth-order valence-corrected chi connectivity index (χ4v) is 4.65. The second-order valence-electron chi connectivity index (χ2n) is 5.10. The average molecular weight is 278 g/mol. The zero-order valence-corrected chi connectivity index (χ0v) is 12.0. The number of nitrogens with one attached hydrogen (secondary N) is 1. The standard InChI is InChI=1S/C11H22N2O2S2/c1-17(14,15)13-5-2-3-10(8-13)7-12-11-4-6-16-9-11/h10-12H,2-9H2,1H3. The molecule has 0 aromatic heterocycles. The first-order chi connectivity index (χ1) is 8.05. The van der Waals surface area contributed by atoms with Gasteiger partial charge in [0.1, 0.15) is 0 Å². The van der Waals surface area contributed by atoms with Crippen LogP contribution in [0.25, 0.3) is 0 Å². The Morgan fingerprint density at radius 3 is 2.88 bits per heavy atom. The fraction of sp³-hybridized carbons (Fsp3) is 1.00. The molecule has 0 radical (unpaired) electrons. The number of hydrogen-bond acceptors (Lipinski definition) is 4. The van der Waals surface area contributed by atoms with Crippen molar-refractivity contribution in [1.29, 1.82) is 0 Å². The van der Waals surface area contributed by atoms with E-state index >= 15 is 0 Å². The third-order valence-corrected chi connectivity index (χ3v) is 6.01.